The van der Waals surface area contributed by atoms with Gasteiger partial charge in [-0.3, -0.25) is 19.4 Å². The van der Waals surface area contributed by atoms with Gasteiger partial charge in [-0.1, -0.05) is 12.1 Å². The first-order valence-corrected chi connectivity index (χ1v) is 11.8. The second kappa shape index (κ2) is 9.61. The van der Waals surface area contributed by atoms with Gasteiger partial charge in [0.2, 0.25) is 0 Å². The summed E-state index contributed by atoms with van der Waals surface area (Å²) in [6.07, 6.45) is 2.51. The van der Waals surface area contributed by atoms with Crippen LogP contribution in [0.2, 0.25) is 0 Å². The summed E-state index contributed by atoms with van der Waals surface area (Å²) in [4.78, 5) is 41.3. The Hall–Kier alpha value is -3.14. The van der Waals surface area contributed by atoms with Crippen LogP contribution < -0.4 is 5.32 Å². The zero-order valence-corrected chi connectivity index (χ0v) is 19.7. The minimum Gasteiger partial charge on any atom is -0.379 e. The first-order valence-electron chi connectivity index (χ1n) is 11.8. The van der Waals surface area contributed by atoms with Crippen molar-refractivity contribution < 1.29 is 14.3 Å². The molecule has 1 saturated heterocycles. The van der Waals surface area contributed by atoms with E-state index >= 15 is 0 Å². The number of rotatable bonds is 8. The van der Waals surface area contributed by atoms with E-state index in [0.29, 0.717) is 35.4 Å². The molecule has 2 aliphatic heterocycles. The first kappa shape index (κ1) is 22.6. The largest absolute Gasteiger partial charge is 0.379 e. The predicted octanol–water partition coefficient (Wildman–Crippen LogP) is 2.07. The molecule has 0 aliphatic carbocycles. The Morgan fingerprint density at radius 2 is 1.82 bits per heavy atom. The van der Waals surface area contributed by atoms with Crippen LogP contribution in [0.5, 0.6) is 0 Å². The van der Waals surface area contributed by atoms with Gasteiger partial charge in [-0.2, -0.15) is 0 Å². The molecule has 1 fully saturated rings. The molecule has 3 aromatic rings. The molecule has 0 bridgehead atoms. The molecule has 2 aliphatic rings. The summed E-state index contributed by atoms with van der Waals surface area (Å²) >= 11 is 0. The molecule has 3 heterocycles. The highest BCUT2D eigenvalue weighted by molar-refractivity contribution is 6.29. The average molecular weight is 463 g/mol. The number of amides is 2. The van der Waals surface area contributed by atoms with Crippen molar-refractivity contribution in [1.29, 1.82) is 0 Å². The molecule has 2 aromatic carbocycles. The summed E-state index contributed by atoms with van der Waals surface area (Å²) in [6.45, 7) is 6.24. The van der Waals surface area contributed by atoms with Crippen molar-refractivity contribution in [3.8, 4) is 0 Å². The quantitative estimate of drug-likeness (QED) is 0.309. The van der Waals surface area contributed by atoms with E-state index in [2.05, 4.69) is 20.2 Å². The van der Waals surface area contributed by atoms with E-state index in [1.165, 1.54) is 11.2 Å². The van der Waals surface area contributed by atoms with Crippen LogP contribution in [0.4, 0.5) is 5.82 Å². The van der Waals surface area contributed by atoms with Crippen molar-refractivity contribution in [3.63, 3.8) is 0 Å². The van der Waals surface area contributed by atoms with Crippen LogP contribution in [0.25, 0.3) is 21.7 Å². The zero-order valence-electron chi connectivity index (χ0n) is 19.7. The maximum absolute atomic E-state index is 13.4. The fourth-order valence-electron chi connectivity index (χ4n) is 4.71. The number of morpholine rings is 1. The Morgan fingerprint density at radius 1 is 1.03 bits per heavy atom. The van der Waals surface area contributed by atoms with Gasteiger partial charge in [-0.05, 0) is 39.2 Å². The number of hydrogen-bond acceptors (Lipinski definition) is 8. The van der Waals surface area contributed by atoms with E-state index in [9.17, 15) is 9.59 Å². The predicted molar refractivity (Wildman–Crippen MR) is 131 cm³/mol. The van der Waals surface area contributed by atoms with Gasteiger partial charge in [0.1, 0.15) is 12.1 Å². The number of benzene rings is 2. The second-order valence-electron chi connectivity index (χ2n) is 9.07. The molecule has 34 heavy (non-hydrogen) atoms. The Kier molecular flexibility index (Phi) is 6.40. The molecule has 1 N–H and O–H groups in total. The lowest BCUT2D eigenvalue weighted by Gasteiger charge is -2.28. The van der Waals surface area contributed by atoms with Crippen molar-refractivity contribution in [1.82, 2.24) is 24.7 Å². The topological polar surface area (TPSA) is 90.9 Å². The Bertz CT molecular complexity index is 1240. The van der Waals surface area contributed by atoms with E-state index in [1.807, 2.05) is 37.2 Å². The summed E-state index contributed by atoms with van der Waals surface area (Å²) in [5.41, 5.74) is 1.82. The summed E-state index contributed by atoms with van der Waals surface area (Å²) in [5, 5.41) is 5.73. The zero-order chi connectivity index (χ0) is 23.7. The molecule has 0 atom stereocenters. The lowest BCUT2D eigenvalue weighted by atomic mass is 9.92. The summed E-state index contributed by atoms with van der Waals surface area (Å²) in [7, 11) is 3.85. The number of anilines is 1. The first-order chi connectivity index (χ1) is 16.5. The van der Waals surface area contributed by atoms with Crippen molar-refractivity contribution in [3.05, 3.63) is 41.7 Å². The highest BCUT2D eigenvalue weighted by Crippen LogP contribution is 2.36. The van der Waals surface area contributed by atoms with E-state index in [4.69, 9.17) is 4.74 Å². The van der Waals surface area contributed by atoms with Gasteiger partial charge in [0.05, 0.1) is 18.7 Å². The van der Waals surface area contributed by atoms with Crippen LogP contribution in [0, 0.1) is 0 Å². The third-order valence-electron chi connectivity index (χ3n) is 6.53. The summed E-state index contributed by atoms with van der Waals surface area (Å²) in [6, 6.07) is 7.43. The monoisotopic (exact) mass is 462 g/mol. The lowest BCUT2D eigenvalue weighted by molar-refractivity contribution is 0.0378. The number of aromatic nitrogens is 2. The van der Waals surface area contributed by atoms with E-state index in [1.54, 1.807) is 6.07 Å². The number of imide groups is 1. The number of hydrogen-bond donors (Lipinski definition) is 1. The molecule has 0 unspecified atom stereocenters. The van der Waals surface area contributed by atoms with Gasteiger partial charge in [0, 0.05) is 60.0 Å². The number of nitrogens with one attached hydrogen (secondary N) is 1. The Labute approximate surface area is 198 Å². The van der Waals surface area contributed by atoms with Crippen LogP contribution in [-0.4, -0.2) is 103 Å². The van der Waals surface area contributed by atoms with Gasteiger partial charge >= 0.3 is 0 Å². The van der Waals surface area contributed by atoms with Gasteiger partial charge < -0.3 is 15.0 Å². The average Bonchev–Trinajstić information content (AvgIpc) is 2.85. The van der Waals surface area contributed by atoms with Crippen LogP contribution in [0.3, 0.4) is 0 Å². The molecular formula is C25H30N6O3. The van der Waals surface area contributed by atoms with Gasteiger partial charge in [-0.25, -0.2) is 9.97 Å². The Morgan fingerprint density at radius 3 is 2.62 bits per heavy atom. The highest BCUT2D eigenvalue weighted by Gasteiger charge is 2.33. The third kappa shape index (κ3) is 4.22. The van der Waals surface area contributed by atoms with Crippen LogP contribution >= 0.6 is 0 Å². The molecule has 9 heteroatoms. The molecule has 178 valence electrons. The van der Waals surface area contributed by atoms with E-state index in [-0.39, 0.29) is 11.8 Å². The molecule has 0 radical (unpaired) electrons. The van der Waals surface area contributed by atoms with Crippen molar-refractivity contribution >= 4 is 39.3 Å². The van der Waals surface area contributed by atoms with Crippen LogP contribution in [0.15, 0.2) is 30.6 Å². The van der Waals surface area contributed by atoms with Crippen molar-refractivity contribution in [2.45, 2.75) is 6.42 Å². The van der Waals surface area contributed by atoms with E-state index < -0.39 is 0 Å². The molecule has 5 rings (SSSR count). The molecule has 0 saturated carbocycles. The van der Waals surface area contributed by atoms with Crippen LogP contribution in [-0.2, 0) is 4.74 Å². The SMILES string of the molecule is CN(C)CCN1C(=O)c2cccc3c2c(cc2c(NCCCN4CCOCC4)ncnc23)C1=O. The van der Waals surface area contributed by atoms with Crippen molar-refractivity contribution in [2.24, 2.45) is 0 Å². The molecular weight excluding hydrogens is 432 g/mol. The minimum atomic E-state index is -0.264. The minimum absolute atomic E-state index is 0.250. The molecule has 2 amide bonds. The fourth-order valence-corrected chi connectivity index (χ4v) is 4.71. The van der Waals surface area contributed by atoms with Gasteiger partial charge in [-0.15, -0.1) is 0 Å². The number of fused-ring (bicyclic) bond motifs is 2. The normalized spacial score (nSPS) is 16.7. The van der Waals surface area contributed by atoms with Crippen molar-refractivity contribution in [2.75, 3.05) is 71.9 Å². The number of ether oxygens (including phenoxy) is 1. The summed E-state index contributed by atoms with van der Waals surface area (Å²) < 4.78 is 5.41. The van der Waals surface area contributed by atoms with Crippen LogP contribution in [0.1, 0.15) is 27.1 Å². The smallest absolute Gasteiger partial charge is 0.261 e. The van der Waals surface area contributed by atoms with Gasteiger partial charge in [0.15, 0.2) is 0 Å². The lowest BCUT2D eigenvalue weighted by Crippen LogP contribution is -2.43. The number of likely N-dealkylation sites (N-methyl/N-ethyl adjacent to an activating group) is 1. The van der Waals surface area contributed by atoms with E-state index in [0.717, 1.165) is 62.1 Å². The highest BCUT2D eigenvalue weighted by atomic mass is 16.5. The standard InChI is InChI=1S/C25H30N6O3/c1-29(2)9-10-31-24(32)18-6-3-5-17-21(18)19(25(31)33)15-20-22(17)27-16-28-23(20)26-7-4-8-30-11-13-34-14-12-30/h3,5-6,15-16H,4,7-14H2,1-2H3,(H,26,27,28). The molecule has 1 aromatic heterocycles. The maximum atomic E-state index is 13.4. The number of carbonyl (C=O) groups excluding carboxylic acids is 2. The third-order valence-corrected chi connectivity index (χ3v) is 6.53. The second-order valence-corrected chi connectivity index (χ2v) is 9.07. The maximum Gasteiger partial charge on any atom is 0.261 e. The summed E-state index contributed by atoms with van der Waals surface area (Å²) in [5.74, 6) is 0.194. The molecule has 0 spiro atoms. The fraction of sp³-hybridized carbons (Fsp3) is 0.440. The molecule has 9 nitrogen and oxygen atoms in total. The number of nitrogens with zero attached hydrogens (tertiary/aromatic N) is 5. The van der Waals surface area contributed by atoms with Gasteiger partial charge in [0.25, 0.3) is 11.8 Å². The number of carbonyl (C=O) groups is 2. The Balaban J connectivity index is 1.46.